The van der Waals surface area contributed by atoms with Crippen LogP contribution in [0.25, 0.3) is 0 Å². The SMILES string of the molecule is CCOc1c(/C=N/Nc2ccc(C)c(Cl)c2)cccc1OC. The van der Waals surface area contributed by atoms with Crippen LogP contribution in [0.3, 0.4) is 0 Å². The molecule has 0 heterocycles. The summed E-state index contributed by atoms with van der Waals surface area (Å²) in [6.45, 7) is 4.45. The molecule has 0 radical (unpaired) electrons. The number of methoxy groups -OCH3 is 1. The normalized spacial score (nSPS) is 10.7. The van der Waals surface area contributed by atoms with Crippen molar-refractivity contribution in [3.63, 3.8) is 0 Å². The van der Waals surface area contributed by atoms with Gasteiger partial charge >= 0.3 is 0 Å². The second-order valence-corrected chi connectivity index (χ2v) is 5.05. The predicted octanol–water partition coefficient (Wildman–Crippen LogP) is 4.50. The lowest BCUT2D eigenvalue weighted by molar-refractivity contribution is 0.310. The van der Waals surface area contributed by atoms with Gasteiger partial charge in [-0.1, -0.05) is 23.7 Å². The molecule has 0 amide bonds. The third-order valence-corrected chi connectivity index (χ3v) is 3.49. The second-order valence-electron chi connectivity index (χ2n) is 4.65. The third-order valence-electron chi connectivity index (χ3n) is 3.09. The molecule has 1 N–H and O–H groups in total. The van der Waals surface area contributed by atoms with Crippen LogP contribution in [0.1, 0.15) is 18.1 Å². The topological polar surface area (TPSA) is 42.8 Å². The van der Waals surface area contributed by atoms with Gasteiger partial charge in [-0.25, -0.2) is 0 Å². The average Bonchev–Trinajstić information content (AvgIpc) is 2.52. The third kappa shape index (κ3) is 3.92. The fourth-order valence-corrected chi connectivity index (χ4v) is 2.11. The van der Waals surface area contributed by atoms with E-state index < -0.39 is 0 Å². The number of benzene rings is 2. The van der Waals surface area contributed by atoms with Crippen LogP contribution in [-0.2, 0) is 0 Å². The maximum absolute atomic E-state index is 6.09. The maximum atomic E-state index is 6.09. The molecule has 0 spiro atoms. The van der Waals surface area contributed by atoms with Gasteiger partial charge in [-0.05, 0) is 43.7 Å². The molecule has 2 rings (SSSR count). The highest BCUT2D eigenvalue weighted by molar-refractivity contribution is 6.31. The molecule has 4 nitrogen and oxygen atoms in total. The van der Waals surface area contributed by atoms with Crippen molar-refractivity contribution in [2.75, 3.05) is 19.1 Å². The maximum Gasteiger partial charge on any atom is 0.169 e. The number of aryl methyl sites for hydroxylation is 1. The molecular formula is C17H19ClN2O2. The Labute approximate surface area is 135 Å². The molecule has 0 aliphatic carbocycles. The van der Waals surface area contributed by atoms with Gasteiger partial charge in [0.2, 0.25) is 0 Å². The molecule has 0 aliphatic rings. The molecule has 2 aromatic rings. The zero-order valence-electron chi connectivity index (χ0n) is 12.9. The van der Waals surface area contributed by atoms with Gasteiger partial charge in [-0.2, -0.15) is 5.10 Å². The highest BCUT2D eigenvalue weighted by atomic mass is 35.5. The Morgan fingerprint density at radius 3 is 2.77 bits per heavy atom. The van der Waals surface area contributed by atoms with Crippen LogP contribution in [0.15, 0.2) is 41.5 Å². The highest BCUT2D eigenvalue weighted by Gasteiger charge is 2.08. The van der Waals surface area contributed by atoms with Crippen LogP contribution in [0.5, 0.6) is 11.5 Å². The molecule has 2 aromatic carbocycles. The van der Waals surface area contributed by atoms with Crippen molar-refractivity contribution in [3.05, 3.63) is 52.5 Å². The molecule has 22 heavy (non-hydrogen) atoms. The molecule has 0 unspecified atom stereocenters. The first-order valence-electron chi connectivity index (χ1n) is 7.00. The molecule has 0 bridgehead atoms. The van der Waals surface area contributed by atoms with E-state index in [1.165, 1.54) is 0 Å². The summed E-state index contributed by atoms with van der Waals surface area (Å²) >= 11 is 6.09. The lowest BCUT2D eigenvalue weighted by Crippen LogP contribution is -2.00. The fourth-order valence-electron chi connectivity index (χ4n) is 1.93. The number of nitrogens with one attached hydrogen (secondary N) is 1. The first-order valence-corrected chi connectivity index (χ1v) is 7.38. The summed E-state index contributed by atoms with van der Waals surface area (Å²) in [4.78, 5) is 0. The number of hydrogen-bond acceptors (Lipinski definition) is 4. The van der Waals surface area contributed by atoms with Gasteiger partial charge in [0.15, 0.2) is 11.5 Å². The van der Waals surface area contributed by atoms with Crippen molar-refractivity contribution in [2.45, 2.75) is 13.8 Å². The number of anilines is 1. The first kappa shape index (κ1) is 16.2. The molecular weight excluding hydrogens is 300 g/mol. The molecule has 0 saturated carbocycles. The molecule has 0 aromatic heterocycles. The van der Waals surface area contributed by atoms with Crippen molar-refractivity contribution in [2.24, 2.45) is 5.10 Å². The Hall–Kier alpha value is -2.20. The minimum absolute atomic E-state index is 0.558. The van der Waals surface area contributed by atoms with Crippen molar-refractivity contribution in [1.29, 1.82) is 0 Å². The highest BCUT2D eigenvalue weighted by Crippen LogP contribution is 2.30. The standard InChI is InChI=1S/C17H19ClN2O2/c1-4-22-17-13(6-5-7-16(17)21-3)11-19-20-14-9-8-12(2)15(18)10-14/h5-11,20H,4H2,1-3H3/b19-11+. The summed E-state index contributed by atoms with van der Waals surface area (Å²) in [5.74, 6) is 1.36. The van der Waals surface area contributed by atoms with Gasteiger partial charge in [-0.15, -0.1) is 0 Å². The van der Waals surface area contributed by atoms with E-state index in [1.54, 1.807) is 13.3 Å². The van der Waals surface area contributed by atoms with Gasteiger partial charge in [-0.3, -0.25) is 5.43 Å². The Balaban J connectivity index is 2.17. The minimum Gasteiger partial charge on any atom is -0.493 e. The van der Waals surface area contributed by atoms with Crippen molar-refractivity contribution < 1.29 is 9.47 Å². The quantitative estimate of drug-likeness (QED) is 0.630. The number of ether oxygens (including phenoxy) is 2. The van der Waals surface area contributed by atoms with E-state index >= 15 is 0 Å². The summed E-state index contributed by atoms with van der Waals surface area (Å²) in [7, 11) is 1.62. The predicted molar refractivity (Wildman–Crippen MR) is 91.6 cm³/mol. The van der Waals surface area contributed by atoms with Gasteiger partial charge < -0.3 is 9.47 Å². The van der Waals surface area contributed by atoms with Gasteiger partial charge in [0, 0.05) is 10.6 Å². The average molecular weight is 319 g/mol. The smallest absolute Gasteiger partial charge is 0.169 e. The monoisotopic (exact) mass is 318 g/mol. The van der Waals surface area contributed by atoms with Gasteiger partial charge in [0.25, 0.3) is 0 Å². The molecule has 116 valence electrons. The van der Waals surface area contributed by atoms with Crippen LogP contribution in [0.4, 0.5) is 5.69 Å². The van der Waals surface area contributed by atoms with Crippen molar-refractivity contribution >= 4 is 23.5 Å². The van der Waals surface area contributed by atoms with Gasteiger partial charge in [0.1, 0.15) is 0 Å². The number of para-hydroxylation sites is 1. The lowest BCUT2D eigenvalue weighted by atomic mass is 10.2. The van der Waals surface area contributed by atoms with E-state index in [2.05, 4.69) is 10.5 Å². The van der Waals surface area contributed by atoms with E-state index in [1.807, 2.05) is 50.2 Å². The van der Waals surface area contributed by atoms with E-state index in [9.17, 15) is 0 Å². The van der Waals surface area contributed by atoms with Gasteiger partial charge in [0.05, 0.1) is 25.6 Å². The number of hydrogen-bond donors (Lipinski definition) is 1. The van der Waals surface area contributed by atoms with E-state index in [0.29, 0.717) is 23.1 Å². The second kappa shape index (κ2) is 7.71. The number of rotatable bonds is 6. The molecule has 0 atom stereocenters. The van der Waals surface area contributed by atoms with Crippen LogP contribution in [0, 0.1) is 6.92 Å². The Bertz CT molecular complexity index is 672. The van der Waals surface area contributed by atoms with Crippen molar-refractivity contribution in [1.82, 2.24) is 0 Å². The summed E-state index contributed by atoms with van der Waals surface area (Å²) in [5.41, 5.74) is 5.65. The van der Waals surface area contributed by atoms with Crippen LogP contribution in [0.2, 0.25) is 5.02 Å². The lowest BCUT2D eigenvalue weighted by Gasteiger charge is -2.11. The minimum atomic E-state index is 0.558. The summed E-state index contributed by atoms with van der Waals surface area (Å²) in [6, 6.07) is 11.4. The molecule has 0 saturated heterocycles. The Kier molecular flexibility index (Phi) is 5.67. The fraction of sp³-hybridized carbons (Fsp3) is 0.235. The molecule has 0 aliphatic heterocycles. The van der Waals surface area contributed by atoms with Crippen molar-refractivity contribution in [3.8, 4) is 11.5 Å². The largest absolute Gasteiger partial charge is 0.493 e. The van der Waals surface area contributed by atoms with E-state index in [0.717, 1.165) is 16.8 Å². The number of hydrazone groups is 1. The van der Waals surface area contributed by atoms with E-state index in [-0.39, 0.29) is 0 Å². The van der Waals surface area contributed by atoms with Crippen LogP contribution >= 0.6 is 11.6 Å². The summed E-state index contributed by atoms with van der Waals surface area (Å²) < 4.78 is 10.9. The summed E-state index contributed by atoms with van der Waals surface area (Å²) in [5, 5.41) is 4.94. The Morgan fingerprint density at radius 1 is 1.27 bits per heavy atom. The molecule has 0 fully saturated rings. The van der Waals surface area contributed by atoms with E-state index in [4.69, 9.17) is 21.1 Å². The van der Waals surface area contributed by atoms with Crippen LogP contribution < -0.4 is 14.9 Å². The number of nitrogens with zero attached hydrogens (tertiary/aromatic N) is 1. The first-order chi connectivity index (χ1) is 10.7. The van der Waals surface area contributed by atoms with Crippen LogP contribution in [-0.4, -0.2) is 19.9 Å². The Morgan fingerprint density at radius 2 is 2.09 bits per heavy atom. The summed E-state index contributed by atoms with van der Waals surface area (Å²) in [6.07, 6.45) is 1.70. The number of halogens is 1. The zero-order chi connectivity index (χ0) is 15.9. The molecule has 5 heteroatoms. The zero-order valence-corrected chi connectivity index (χ0v) is 13.6.